The molecule has 0 saturated carbocycles. The number of nitro benzene ring substituents is 1. The van der Waals surface area contributed by atoms with E-state index >= 15 is 0 Å². The fourth-order valence-corrected chi connectivity index (χ4v) is 7.30. The first-order valence-electron chi connectivity index (χ1n) is 13.1. The lowest BCUT2D eigenvalue weighted by Gasteiger charge is -2.39. The van der Waals surface area contributed by atoms with Gasteiger partial charge in [-0.05, 0) is 32.0 Å². The highest BCUT2D eigenvalue weighted by atomic mass is 31.2. The van der Waals surface area contributed by atoms with E-state index in [-0.39, 0.29) is 41.8 Å². The molecular formula is C29H36N3O7P. The lowest BCUT2D eigenvalue weighted by atomic mass is 9.86. The van der Waals surface area contributed by atoms with Crippen LogP contribution in [0.25, 0.3) is 0 Å². The summed E-state index contributed by atoms with van der Waals surface area (Å²) < 4.78 is 31.6. The molecular weight excluding hydrogens is 533 g/mol. The number of ether oxygens (including phenoxy) is 1. The minimum absolute atomic E-state index is 0.123. The Hall–Kier alpha value is -3.30. The van der Waals surface area contributed by atoms with Gasteiger partial charge in [0, 0.05) is 42.0 Å². The van der Waals surface area contributed by atoms with Crippen LogP contribution in [0, 0.1) is 15.5 Å². The van der Waals surface area contributed by atoms with Crippen molar-refractivity contribution in [2.75, 3.05) is 33.4 Å². The highest BCUT2D eigenvalue weighted by Gasteiger charge is 2.48. The van der Waals surface area contributed by atoms with E-state index in [1.807, 2.05) is 56.1 Å². The van der Waals surface area contributed by atoms with Crippen LogP contribution in [0.3, 0.4) is 0 Å². The molecule has 1 atom stereocenters. The number of carbonyl (C=O) groups is 1. The Morgan fingerprint density at radius 1 is 1.12 bits per heavy atom. The lowest BCUT2D eigenvalue weighted by molar-refractivity contribution is -0.384. The molecule has 1 fully saturated rings. The molecule has 2 aliphatic heterocycles. The van der Waals surface area contributed by atoms with Crippen LogP contribution in [-0.4, -0.2) is 49.2 Å². The summed E-state index contributed by atoms with van der Waals surface area (Å²) in [7, 11) is -1.93. The van der Waals surface area contributed by atoms with Gasteiger partial charge in [0.15, 0.2) is 0 Å². The van der Waals surface area contributed by atoms with Crippen LogP contribution < -0.4 is 5.32 Å². The maximum atomic E-state index is 14.2. The third-order valence-corrected chi connectivity index (χ3v) is 9.03. The summed E-state index contributed by atoms with van der Waals surface area (Å²) in [4.78, 5) is 26.8. The standard InChI is InChI=1S/C29H36N3O7P/c1-20-25(28(33)37-15-14-31(5)17-22-10-7-6-8-11-22)26(23-12-9-13-24(16-23)32(34)35)27(21(2)30-20)40(36)38-18-29(3,4)19-39-40/h6-13,16,26,30H,14-15,17-19H2,1-5H3. The smallest absolute Gasteiger partial charge is 0.360 e. The molecule has 2 heterocycles. The summed E-state index contributed by atoms with van der Waals surface area (Å²) in [6.45, 7) is 9.03. The van der Waals surface area contributed by atoms with Gasteiger partial charge in [-0.3, -0.25) is 19.6 Å². The van der Waals surface area contributed by atoms with Gasteiger partial charge in [-0.1, -0.05) is 56.3 Å². The number of nitro groups is 1. The number of nitrogens with one attached hydrogen (secondary N) is 1. The second kappa shape index (κ2) is 12.1. The van der Waals surface area contributed by atoms with E-state index in [0.29, 0.717) is 30.0 Å². The van der Waals surface area contributed by atoms with Crippen LogP contribution in [0.1, 0.15) is 44.7 Å². The first kappa shape index (κ1) is 29.7. The van der Waals surface area contributed by atoms with E-state index in [1.165, 1.54) is 12.1 Å². The SMILES string of the molecule is CC1=C(C(=O)OCCN(C)Cc2ccccc2)C(c2cccc([N+](=O)[O-])c2)C(P2(=O)OCC(C)(C)CO2)=C(C)N1. The third kappa shape index (κ3) is 6.70. The number of esters is 1. The van der Waals surface area contributed by atoms with E-state index in [9.17, 15) is 19.5 Å². The van der Waals surface area contributed by atoms with E-state index in [0.717, 1.165) is 5.56 Å². The van der Waals surface area contributed by atoms with Gasteiger partial charge in [0.05, 0.1) is 34.9 Å². The summed E-state index contributed by atoms with van der Waals surface area (Å²) in [5.74, 6) is -1.54. The zero-order valence-electron chi connectivity index (χ0n) is 23.5. The molecule has 1 N–H and O–H groups in total. The monoisotopic (exact) mass is 569 g/mol. The summed E-state index contributed by atoms with van der Waals surface area (Å²) in [6.07, 6.45) is 0. The molecule has 0 spiro atoms. The Labute approximate surface area is 234 Å². The molecule has 4 rings (SSSR count). The number of likely N-dealkylation sites (N-methyl/N-ethyl adjacent to an activating group) is 1. The van der Waals surface area contributed by atoms with Crippen LogP contribution in [0.4, 0.5) is 5.69 Å². The van der Waals surface area contributed by atoms with Gasteiger partial charge >= 0.3 is 13.6 Å². The van der Waals surface area contributed by atoms with Crippen molar-refractivity contribution in [3.63, 3.8) is 0 Å². The molecule has 0 bridgehead atoms. The molecule has 2 aromatic carbocycles. The number of hydrogen-bond acceptors (Lipinski definition) is 9. The van der Waals surface area contributed by atoms with Crippen molar-refractivity contribution in [3.05, 3.63) is 98.1 Å². The Kier molecular flexibility index (Phi) is 8.95. The molecule has 0 radical (unpaired) electrons. The largest absolute Gasteiger partial charge is 0.461 e. The number of rotatable bonds is 9. The van der Waals surface area contributed by atoms with Crippen molar-refractivity contribution in [2.24, 2.45) is 5.41 Å². The van der Waals surface area contributed by atoms with Gasteiger partial charge in [-0.2, -0.15) is 0 Å². The molecule has 2 aliphatic rings. The summed E-state index contributed by atoms with van der Waals surface area (Å²) >= 11 is 0. The quantitative estimate of drug-likeness (QED) is 0.175. The average Bonchev–Trinajstić information content (AvgIpc) is 2.90. The molecule has 2 aromatic rings. The molecule has 0 aliphatic carbocycles. The van der Waals surface area contributed by atoms with Gasteiger partial charge in [-0.25, -0.2) is 4.79 Å². The van der Waals surface area contributed by atoms with E-state index in [1.54, 1.807) is 26.0 Å². The normalized spacial score (nSPS) is 20.3. The Bertz CT molecular complexity index is 1370. The van der Waals surface area contributed by atoms with Crippen molar-refractivity contribution in [2.45, 2.75) is 40.2 Å². The highest BCUT2D eigenvalue weighted by Crippen LogP contribution is 2.66. The molecule has 10 nitrogen and oxygen atoms in total. The van der Waals surface area contributed by atoms with Crippen molar-refractivity contribution in [1.82, 2.24) is 10.2 Å². The maximum absolute atomic E-state index is 14.2. The summed E-state index contributed by atoms with van der Waals surface area (Å²) in [6, 6.07) is 15.9. The number of allylic oxidation sites excluding steroid dienone is 3. The molecule has 0 aromatic heterocycles. The number of hydrogen-bond donors (Lipinski definition) is 1. The molecule has 1 saturated heterocycles. The fourth-order valence-electron chi connectivity index (χ4n) is 4.84. The van der Waals surface area contributed by atoms with Gasteiger partial charge < -0.3 is 19.1 Å². The topological polar surface area (TPSA) is 120 Å². The number of benzene rings is 2. The predicted molar refractivity (Wildman–Crippen MR) is 151 cm³/mol. The average molecular weight is 570 g/mol. The molecule has 214 valence electrons. The highest BCUT2D eigenvalue weighted by molar-refractivity contribution is 7.58. The molecule has 0 amide bonds. The minimum Gasteiger partial charge on any atom is -0.461 e. The number of non-ortho nitro benzene ring substituents is 1. The maximum Gasteiger partial charge on any atom is 0.360 e. The zero-order valence-corrected chi connectivity index (χ0v) is 24.4. The predicted octanol–water partition coefficient (Wildman–Crippen LogP) is 5.73. The van der Waals surface area contributed by atoms with Crippen molar-refractivity contribution < 1.29 is 28.1 Å². The second-order valence-corrected chi connectivity index (χ2v) is 13.0. The minimum atomic E-state index is -3.87. The van der Waals surface area contributed by atoms with Crippen LogP contribution in [-0.2, 0) is 29.7 Å². The second-order valence-electron chi connectivity index (χ2n) is 11.0. The summed E-state index contributed by atoms with van der Waals surface area (Å²) in [5, 5.41) is 15.0. The zero-order chi connectivity index (χ0) is 29.1. The fraction of sp³-hybridized carbons (Fsp3) is 0.414. The van der Waals surface area contributed by atoms with Gasteiger partial charge in [0.1, 0.15) is 6.61 Å². The van der Waals surface area contributed by atoms with Crippen LogP contribution >= 0.6 is 7.60 Å². The van der Waals surface area contributed by atoms with Crippen molar-refractivity contribution in [3.8, 4) is 0 Å². The van der Waals surface area contributed by atoms with E-state index in [4.69, 9.17) is 13.8 Å². The first-order valence-corrected chi connectivity index (χ1v) is 14.7. The number of nitrogens with zero attached hydrogens (tertiary/aromatic N) is 2. The number of carbonyl (C=O) groups excluding carboxylic acids is 1. The van der Waals surface area contributed by atoms with E-state index in [2.05, 4.69) is 5.32 Å². The Balaban J connectivity index is 1.63. The van der Waals surface area contributed by atoms with Gasteiger partial charge in [0.25, 0.3) is 5.69 Å². The van der Waals surface area contributed by atoms with E-state index < -0.39 is 24.4 Å². The van der Waals surface area contributed by atoms with Crippen molar-refractivity contribution >= 4 is 19.3 Å². The molecule has 40 heavy (non-hydrogen) atoms. The Morgan fingerprint density at radius 3 is 2.45 bits per heavy atom. The van der Waals surface area contributed by atoms with Crippen LogP contribution in [0.15, 0.2) is 76.9 Å². The third-order valence-electron chi connectivity index (χ3n) is 6.91. The van der Waals surface area contributed by atoms with Crippen LogP contribution in [0.5, 0.6) is 0 Å². The van der Waals surface area contributed by atoms with Crippen LogP contribution in [0.2, 0.25) is 0 Å². The van der Waals surface area contributed by atoms with Gasteiger partial charge in [0.2, 0.25) is 0 Å². The summed E-state index contributed by atoms with van der Waals surface area (Å²) in [5.41, 5.74) is 2.29. The molecule has 1 unspecified atom stereocenters. The lowest BCUT2D eigenvalue weighted by Crippen LogP contribution is -2.34. The molecule has 11 heteroatoms. The number of dihydropyridines is 1. The van der Waals surface area contributed by atoms with Crippen molar-refractivity contribution in [1.29, 1.82) is 0 Å². The Morgan fingerprint density at radius 2 is 1.80 bits per heavy atom. The first-order chi connectivity index (χ1) is 18.9. The van der Waals surface area contributed by atoms with Gasteiger partial charge in [-0.15, -0.1) is 0 Å².